The molecule has 1 aromatic heterocycles. The second kappa shape index (κ2) is 9.29. The standard InChI is InChI=1S/C23H18ClFN2O5S/c1-2-32-17(29)11-10-15(28)18-20(12-6-8-13(25)9-7-12)27(22(31)21(18)30)23-26-19-14(24)4-3-5-16(19)33-23/h3-9,20,30H,2,10-11H2,1H3. The molecule has 0 spiro atoms. The number of carbonyl (C=O) groups excluding carboxylic acids is 3. The predicted octanol–water partition coefficient (Wildman–Crippen LogP) is 4.90. The van der Waals surface area contributed by atoms with Gasteiger partial charge in [0, 0.05) is 6.42 Å². The molecule has 0 radical (unpaired) electrons. The number of carbonyl (C=O) groups is 3. The number of benzene rings is 2. The van der Waals surface area contributed by atoms with Crippen LogP contribution in [0.15, 0.2) is 53.8 Å². The van der Waals surface area contributed by atoms with Crippen molar-refractivity contribution in [2.45, 2.75) is 25.8 Å². The molecule has 33 heavy (non-hydrogen) atoms. The van der Waals surface area contributed by atoms with Crippen LogP contribution in [0.25, 0.3) is 10.2 Å². The first-order valence-corrected chi connectivity index (χ1v) is 11.3. The van der Waals surface area contributed by atoms with Gasteiger partial charge in [-0.05, 0) is 36.8 Å². The molecule has 0 fully saturated rings. The zero-order valence-electron chi connectivity index (χ0n) is 17.4. The highest BCUT2D eigenvalue weighted by atomic mass is 35.5. The molecule has 3 aromatic rings. The first-order chi connectivity index (χ1) is 15.8. The van der Waals surface area contributed by atoms with Gasteiger partial charge < -0.3 is 9.84 Å². The van der Waals surface area contributed by atoms with E-state index >= 15 is 0 Å². The molecule has 0 saturated heterocycles. The SMILES string of the molecule is CCOC(=O)CCC(=O)C1=C(O)C(=O)N(c2nc3c(Cl)cccc3s2)C1c1ccc(F)cc1. The van der Waals surface area contributed by atoms with Crippen molar-refractivity contribution in [3.63, 3.8) is 0 Å². The smallest absolute Gasteiger partial charge is 0.306 e. The predicted molar refractivity (Wildman–Crippen MR) is 122 cm³/mol. The lowest BCUT2D eigenvalue weighted by Crippen LogP contribution is -2.31. The molecule has 170 valence electrons. The van der Waals surface area contributed by atoms with Gasteiger partial charge in [0.05, 0.1) is 34.4 Å². The number of aliphatic hydroxyl groups excluding tert-OH is 1. The summed E-state index contributed by atoms with van der Waals surface area (Å²) in [6.45, 7) is 1.82. The topological polar surface area (TPSA) is 96.8 Å². The number of hydrogen-bond donors (Lipinski definition) is 1. The maximum atomic E-state index is 13.6. The summed E-state index contributed by atoms with van der Waals surface area (Å²) in [4.78, 5) is 43.5. The number of thiazole rings is 1. The van der Waals surface area contributed by atoms with Gasteiger partial charge in [-0.2, -0.15) is 0 Å². The quantitative estimate of drug-likeness (QED) is 0.475. The number of fused-ring (bicyclic) bond motifs is 1. The lowest BCUT2D eigenvalue weighted by Gasteiger charge is -2.24. The molecule has 10 heteroatoms. The summed E-state index contributed by atoms with van der Waals surface area (Å²) >= 11 is 7.40. The Bertz CT molecular complexity index is 1290. The van der Waals surface area contributed by atoms with Crippen LogP contribution in [0.1, 0.15) is 31.4 Å². The van der Waals surface area contributed by atoms with Crippen molar-refractivity contribution in [1.82, 2.24) is 4.98 Å². The van der Waals surface area contributed by atoms with Crippen LogP contribution < -0.4 is 4.90 Å². The molecular formula is C23H18ClFN2O5S. The van der Waals surface area contributed by atoms with Crippen LogP contribution in [0.2, 0.25) is 5.02 Å². The van der Waals surface area contributed by atoms with E-state index in [-0.39, 0.29) is 30.2 Å². The number of halogens is 2. The molecule has 2 aromatic carbocycles. The van der Waals surface area contributed by atoms with E-state index in [0.717, 1.165) is 0 Å². The Balaban J connectivity index is 1.77. The van der Waals surface area contributed by atoms with Gasteiger partial charge >= 0.3 is 5.97 Å². The highest BCUT2D eigenvalue weighted by molar-refractivity contribution is 7.22. The van der Waals surface area contributed by atoms with Crippen molar-refractivity contribution in [3.8, 4) is 0 Å². The van der Waals surface area contributed by atoms with Crippen LogP contribution in [0.4, 0.5) is 9.52 Å². The second-order valence-electron chi connectivity index (χ2n) is 7.20. The first kappa shape index (κ1) is 22.9. The fourth-order valence-corrected chi connectivity index (χ4v) is 4.93. The molecule has 1 aliphatic rings. The van der Waals surface area contributed by atoms with E-state index in [1.54, 1.807) is 25.1 Å². The highest BCUT2D eigenvalue weighted by Crippen LogP contribution is 2.44. The minimum absolute atomic E-state index is 0.172. The minimum Gasteiger partial charge on any atom is -0.503 e. The number of ether oxygens (including phenoxy) is 1. The minimum atomic E-state index is -1.05. The average Bonchev–Trinajstić information content (AvgIpc) is 3.33. The monoisotopic (exact) mass is 488 g/mol. The third-order valence-corrected chi connectivity index (χ3v) is 6.45. The van der Waals surface area contributed by atoms with E-state index in [9.17, 15) is 23.9 Å². The number of nitrogens with zero attached hydrogens (tertiary/aromatic N) is 2. The normalized spacial score (nSPS) is 16.0. The molecule has 2 heterocycles. The Morgan fingerprint density at radius 1 is 1.21 bits per heavy atom. The van der Waals surface area contributed by atoms with Gasteiger partial charge in [-0.1, -0.05) is 41.1 Å². The van der Waals surface area contributed by atoms with Gasteiger partial charge in [-0.25, -0.2) is 9.37 Å². The van der Waals surface area contributed by atoms with Crippen molar-refractivity contribution >= 4 is 55.9 Å². The maximum absolute atomic E-state index is 13.6. The number of aromatic nitrogens is 1. The molecule has 0 bridgehead atoms. The van der Waals surface area contributed by atoms with Crippen LogP contribution >= 0.6 is 22.9 Å². The van der Waals surface area contributed by atoms with Crippen molar-refractivity contribution in [1.29, 1.82) is 0 Å². The molecule has 1 aliphatic heterocycles. The molecule has 1 atom stereocenters. The van der Waals surface area contributed by atoms with E-state index in [1.807, 2.05) is 0 Å². The van der Waals surface area contributed by atoms with Crippen LogP contribution in [0.5, 0.6) is 0 Å². The molecule has 0 aliphatic carbocycles. The van der Waals surface area contributed by atoms with E-state index in [1.165, 1.54) is 40.5 Å². The third kappa shape index (κ3) is 4.34. The van der Waals surface area contributed by atoms with Crippen molar-refractivity contribution in [2.24, 2.45) is 0 Å². The van der Waals surface area contributed by atoms with Crippen molar-refractivity contribution < 1.29 is 28.6 Å². The number of Topliss-reactive ketones (excluding diaryl/α,β-unsaturated/α-hetero) is 1. The molecule has 1 unspecified atom stereocenters. The Kier molecular flexibility index (Phi) is 6.44. The molecule has 1 N–H and O–H groups in total. The van der Waals surface area contributed by atoms with E-state index in [0.29, 0.717) is 20.8 Å². The number of rotatable bonds is 7. The third-order valence-electron chi connectivity index (χ3n) is 5.12. The number of ketones is 1. The Morgan fingerprint density at radius 2 is 1.94 bits per heavy atom. The van der Waals surface area contributed by atoms with Gasteiger partial charge in [0.25, 0.3) is 5.91 Å². The van der Waals surface area contributed by atoms with E-state index in [2.05, 4.69) is 4.98 Å². The van der Waals surface area contributed by atoms with Crippen molar-refractivity contribution in [2.75, 3.05) is 11.5 Å². The number of hydrogen-bond acceptors (Lipinski definition) is 7. The van der Waals surface area contributed by atoms with Crippen LogP contribution in [-0.2, 0) is 19.1 Å². The lowest BCUT2D eigenvalue weighted by molar-refractivity contribution is -0.144. The van der Waals surface area contributed by atoms with Gasteiger partial charge in [0.15, 0.2) is 16.7 Å². The summed E-state index contributed by atoms with van der Waals surface area (Å²) in [5.41, 5.74) is 0.700. The largest absolute Gasteiger partial charge is 0.503 e. The molecule has 0 saturated carbocycles. The molecule has 1 amide bonds. The zero-order valence-corrected chi connectivity index (χ0v) is 19.0. The van der Waals surface area contributed by atoms with Gasteiger partial charge in [0.2, 0.25) is 0 Å². The fourth-order valence-electron chi connectivity index (χ4n) is 3.64. The Morgan fingerprint density at radius 3 is 2.61 bits per heavy atom. The second-order valence-corrected chi connectivity index (χ2v) is 8.62. The number of amides is 1. The summed E-state index contributed by atoms with van der Waals surface area (Å²) in [7, 11) is 0. The van der Waals surface area contributed by atoms with Gasteiger partial charge in [-0.3, -0.25) is 19.3 Å². The van der Waals surface area contributed by atoms with Gasteiger partial charge in [0.1, 0.15) is 11.3 Å². The summed E-state index contributed by atoms with van der Waals surface area (Å²) in [6.07, 6.45) is -0.465. The molecule has 7 nitrogen and oxygen atoms in total. The first-order valence-electron chi connectivity index (χ1n) is 10.1. The fraction of sp³-hybridized carbons (Fsp3) is 0.217. The highest BCUT2D eigenvalue weighted by Gasteiger charge is 2.45. The molecular weight excluding hydrogens is 471 g/mol. The summed E-state index contributed by atoms with van der Waals surface area (Å²) in [5, 5.41) is 11.3. The van der Waals surface area contributed by atoms with Crippen LogP contribution in [0, 0.1) is 5.82 Å². The Labute approximate surface area is 197 Å². The maximum Gasteiger partial charge on any atom is 0.306 e. The van der Waals surface area contributed by atoms with Crippen LogP contribution in [0.3, 0.4) is 0 Å². The summed E-state index contributed by atoms with van der Waals surface area (Å²) in [5.74, 6) is -3.21. The number of para-hydroxylation sites is 1. The Hall–Kier alpha value is -3.30. The van der Waals surface area contributed by atoms with Crippen LogP contribution in [-0.4, -0.2) is 34.4 Å². The number of aliphatic hydroxyl groups is 1. The zero-order chi connectivity index (χ0) is 23.7. The summed E-state index contributed by atoms with van der Waals surface area (Å²) in [6, 6.07) is 9.40. The van der Waals surface area contributed by atoms with E-state index in [4.69, 9.17) is 16.3 Å². The average molecular weight is 489 g/mol. The lowest BCUT2D eigenvalue weighted by atomic mass is 9.94. The van der Waals surface area contributed by atoms with Gasteiger partial charge in [-0.15, -0.1) is 0 Å². The number of esters is 1. The van der Waals surface area contributed by atoms with Crippen molar-refractivity contribution in [3.05, 3.63) is 70.2 Å². The summed E-state index contributed by atoms with van der Waals surface area (Å²) < 4.78 is 19.1. The number of anilines is 1. The molecule has 4 rings (SSSR count). The van der Waals surface area contributed by atoms with E-state index < -0.39 is 35.3 Å².